The first-order valence-electron chi connectivity index (χ1n) is 8.46. The molecular formula is C16H29N3O3. The topological polar surface area (TPSA) is 61.9 Å². The highest BCUT2D eigenvalue weighted by atomic mass is 16.5. The summed E-state index contributed by atoms with van der Waals surface area (Å²) in [7, 11) is 1.43. The van der Waals surface area contributed by atoms with E-state index in [0.717, 1.165) is 45.3 Å². The van der Waals surface area contributed by atoms with Gasteiger partial charge in [0.05, 0.1) is 19.6 Å². The van der Waals surface area contributed by atoms with Crippen molar-refractivity contribution in [2.45, 2.75) is 38.6 Å². The Kier molecular flexibility index (Phi) is 6.64. The molecule has 2 aliphatic rings. The highest BCUT2D eigenvalue weighted by molar-refractivity contribution is 5.79. The number of piperidine rings is 1. The number of amides is 1. The maximum Gasteiger partial charge on any atom is 0.308 e. The molecule has 1 atom stereocenters. The molecule has 2 aliphatic heterocycles. The maximum atomic E-state index is 12.5. The molecule has 6 heteroatoms. The number of hydrogen-bond acceptors (Lipinski definition) is 5. The number of ether oxygens (including phenoxy) is 1. The van der Waals surface area contributed by atoms with Gasteiger partial charge in [-0.25, -0.2) is 0 Å². The van der Waals surface area contributed by atoms with E-state index in [2.05, 4.69) is 17.1 Å². The van der Waals surface area contributed by atoms with E-state index in [9.17, 15) is 9.59 Å². The molecule has 2 heterocycles. The van der Waals surface area contributed by atoms with Gasteiger partial charge in [-0.3, -0.25) is 14.5 Å². The minimum Gasteiger partial charge on any atom is -0.469 e. The van der Waals surface area contributed by atoms with Crippen LogP contribution in [-0.2, 0) is 14.3 Å². The predicted molar refractivity (Wildman–Crippen MR) is 84.5 cm³/mol. The van der Waals surface area contributed by atoms with Crippen LogP contribution in [0.15, 0.2) is 0 Å². The summed E-state index contributed by atoms with van der Waals surface area (Å²) < 4.78 is 4.79. The summed E-state index contributed by atoms with van der Waals surface area (Å²) in [5.74, 6) is 0.0141. The summed E-state index contributed by atoms with van der Waals surface area (Å²) >= 11 is 0. The minimum absolute atomic E-state index is 0.0418. The quantitative estimate of drug-likeness (QED) is 0.723. The Bertz CT molecular complexity index is 375. The first-order chi connectivity index (χ1) is 10.7. The van der Waals surface area contributed by atoms with Crippen molar-refractivity contribution < 1.29 is 14.3 Å². The van der Waals surface area contributed by atoms with Crippen LogP contribution in [0.3, 0.4) is 0 Å². The highest BCUT2D eigenvalue weighted by Gasteiger charge is 2.30. The molecule has 0 spiro atoms. The van der Waals surface area contributed by atoms with Crippen molar-refractivity contribution in [1.82, 2.24) is 15.1 Å². The van der Waals surface area contributed by atoms with Crippen molar-refractivity contribution in [1.29, 1.82) is 0 Å². The summed E-state index contributed by atoms with van der Waals surface area (Å²) in [5.41, 5.74) is 0. The van der Waals surface area contributed by atoms with E-state index in [1.165, 1.54) is 7.11 Å². The van der Waals surface area contributed by atoms with Crippen LogP contribution >= 0.6 is 0 Å². The SMILES string of the molecule is CCCN(CC(=O)N1CCC(C(=O)OC)CC1)C1CCNC1. The van der Waals surface area contributed by atoms with Gasteiger partial charge in [0.15, 0.2) is 0 Å². The number of methoxy groups -OCH3 is 1. The van der Waals surface area contributed by atoms with E-state index in [1.807, 2.05) is 4.90 Å². The van der Waals surface area contributed by atoms with E-state index in [4.69, 9.17) is 4.74 Å². The molecule has 22 heavy (non-hydrogen) atoms. The Morgan fingerprint density at radius 2 is 2.00 bits per heavy atom. The molecule has 0 radical (unpaired) electrons. The van der Waals surface area contributed by atoms with Crippen molar-refractivity contribution in [2.24, 2.45) is 5.92 Å². The fraction of sp³-hybridized carbons (Fsp3) is 0.875. The molecule has 126 valence electrons. The first kappa shape index (κ1) is 17.2. The number of nitrogens with zero attached hydrogens (tertiary/aromatic N) is 2. The monoisotopic (exact) mass is 311 g/mol. The standard InChI is InChI=1S/C16H29N3O3/c1-3-8-19(14-4-7-17-11-14)12-15(20)18-9-5-13(6-10-18)16(21)22-2/h13-14,17H,3-12H2,1-2H3. The zero-order valence-electron chi connectivity index (χ0n) is 13.8. The molecule has 1 amide bonds. The second-order valence-corrected chi connectivity index (χ2v) is 6.30. The van der Waals surface area contributed by atoms with Crippen LogP contribution in [0.25, 0.3) is 0 Å². The van der Waals surface area contributed by atoms with Gasteiger partial charge in [0.25, 0.3) is 0 Å². The summed E-state index contributed by atoms with van der Waals surface area (Å²) in [5, 5.41) is 3.37. The molecule has 0 aromatic heterocycles. The third-order valence-electron chi connectivity index (χ3n) is 4.78. The fourth-order valence-corrected chi connectivity index (χ4v) is 3.43. The Labute approximate surface area is 133 Å². The number of likely N-dealkylation sites (tertiary alicyclic amines) is 1. The number of hydrogen-bond donors (Lipinski definition) is 1. The number of carbonyl (C=O) groups excluding carboxylic acids is 2. The number of nitrogens with one attached hydrogen (secondary N) is 1. The summed E-state index contributed by atoms with van der Waals surface area (Å²) in [4.78, 5) is 28.3. The van der Waals surface area contributed by atoms with Crippen LogP contribution in [0.5, 0.6) is 0 Å². The number of carbonyl (C=O) groups is 2. The molecule has 2 saturated heterocycles. The molecule has 0 saturated carbocycles. The molecule has 2 fully saturated rings. The molecule has 1 unspecified atom stereocenters. The molecule has 0 bridgehead atoms. The zero-order valence-corrected chi connectivity index (χ0v) is 13.8. The number of esters is 1. The lowest BCUT2D eigenvalue weighted by atomic mass is 9.97. The smallest absolute Gasteiger partial charge is 0.308 e. The summed E-state index contributed by atoms with van der Waals surface area (Å²) in [6, 6.07) is 0.483. The lowest BCUT2D eigenvalue weighted by Gasteiger charge is -2.34. The van der Waals surface area contributed by atoms with Gasteiger partial charge < -0.3 is 15.0 Å². The first-order valence-corrected chi connectivity index (χ1v) is 8.46. The molecule has 2 rings (SSSR count). The Morgan fingerprint density at radius 3 is 2.55 bits per heavy atom. The molecule has 6 nitrogen and oxygen atoms in total. The Hall–Kier alpha value is -1.14. The predicted octanol–water partition coefficient (Wildman–Crippen LogP) is 0.472. The largest absolute Gasteiger partial charge is 0.469 e. The van der Waals surface area contributed by atoms with Crippen molar-refractivity contribution in [3.05, 3.63) is 0 Å². The Morgan fingerprint density at radius 1 is 1.27 bits per heavy atom. The van der Waals surface area contributed by atoms with Gasteiger partial charge in [-0.15, -0.1) is 0 Å². The van der Waals surface area contributed by atoms with Crippen molar-refractivity contribution in [3.63, 3.8) is 0 Å². The van der Waals surface area contributed by atoms with E-state index < -0.39 is 0 Å². The van der Waals surface area contributed by atoms with Crippen LogP contribution in [0.2, 0.25) is 0 Å². The van der Waals surface area contributed by atoms with Gasteiger partial charge in [-0.2, -0.15) is 0 Å². The summed E-state index contributed by atoms with van der Waals surface area (Å²) in [6.07, 6.45) is 3.63. The number of rotatable bonds is 6. The fourth-order valence-electron chi connectivity index (χ4n) is 3.43. The average molecular weight is 311 g/mol. The zero-order chi connectivity index (χ0) is 15.9. The molecule has 0 aliphatic carbocycles. The van der Waals surface area contributed by atoms with Crippen molar-refractivity contribution in [3.8, 4) is 0 Å². The van der Waals surface area contributed by atoms with Crippen LogP contribution < -0.4 is 5.32 Å². The normalized spacial score (nSPS) is 23.0. The van der Waals surface area contributed by atoms with Gasteiger partial charge in [-0.05, 0) is 38.8 Å². The van der Waals surface area contributed by atoms with Crippen LogP contribution in [-0.4, -0.2) is 74.1 Å². The summed E-state index contributed by atoms with van der Waals surface area (Å²) in [6.45, 7) is 6.99. The highest BCUT2D eigenvalue weighted by Crippen LogP contribution is 2.19. The van der Waals surface area contributed by atoms with Gasteiger partial charge >= 0.3 is 5.97 Å². The van der Waals surface area contributed by atoms with Crippen LogP contribution in [0.4, 0.5) is 0 Å². The second-order valence-electron chi connectivity index (χ2n) is 6.30. The molecule has 0 aromatic carbocycles. The Balaban J connectivity index is 1.82. The van der Waals surface area contributed by atoms with E-state index in [0.29, 0.717) is 25.7 Å². The second kappa shape index (κ2) is 8.48. The molecule has 1 N–H and O–H groups in total. The van der Waals surface area contributed by atoms with Gasteiger partial charge in [0, 0.05) is 25.7 Å². The minimum atomic E-state index is -0.142. The van der Waals surface area contributed by atoms with E-state index in [-0.39, 0.29) is 17.8 Å². The van der Waals surface area contributed by atoms with E-state index in [1.54, 1.807) is 0 Å². The van der Waals surface area contributed by atoms with Crippen LogP contribution in [0.1, 0.15) is 32.6 Å². The van der Waals surface area contributed by atoms with Gasteiger partial charge in [0.1, 0.15) is 0 Å². The van der Waals surface area contributed by atoms with Gasteiger partial charge in [-0.1, -0.05) is 6.92 Å². The maximum absolute atomic E-state index is 12.5. The van der Waals surface area contributed by atoms with Gasteiger partial charge in [0.2, 0.25) is 5.91 Å². The van der Waals surface area contributed by atoms with E-state index >= 15 is 0 Å². The van der Waals surface area contributed by atoms with Crippen molar-refractivity contribution in [2.75, 3.05) is 46.4 Å². The third-order valence-corrected chi connectivity index (χ3v) is 4.78. The molecular weight excluding hydrogens is 282 g/mol. The third kappa shape index (κ3) is 4.43. The average Bonchev–Trinajstić information content (AvgIpc) is 3.08. The lowest BCUT2D eigenvalue weighted by molar-refractivity contribution is -0.149. The van der Waals surface area contributed by atoms with Crippen LogP contribution in [0, 0.1) is 5.92 Å². The van der Waals surface area contributed by atoms with Crippen molar-refractivity contribution >= 4 is 11.9 Å². The lowest BCUT2D eigenvalue weighted by Crippen LogP contribution is -2.48. The molecule has 0 aromatic rings.